The molecule has 5 rings (SSSR count). The lowest BCUT2D eigenvalue weighted by molar-refractivity contribution is -0.158. The molecule has 0 amide bonds. The molecule has 1 aliphatic carbocycles. The van der Waals surface area contributed by atoms with Crippen LogP contribution in [-0.4, -0.2) is 41.5 Å². The van der Waals surface area contributed by atoms with Crippen molar-refractivity contribution in [2.45, 2.75) is 11.8 Å². The van der Waals surface area contributed by atoms with E-state index >= 15 is 0 Å². The summed E-state index contributed by atoms with van der Waals surface area (Å²) in [6, 6.07) is 22.0. The molecule has 0 saturated heterocycles. The highest BCUT2D eigenvalue weighted by Crippen LogP contribution is 2.59. The van der Waals surface area contributed by atoms with Crippen LogP contribution in [0.15, 0.2) is 78.9 Å². The highest BCUT2D eigenvalue weighted by atomic mass is 16.5. The lowest BCUT2D eigenvalue weighted by Crippen LogP contribution is -2.52. The fourth-order valence-corrected chi connectivity index (χ4v) is 5.44. The highest BCUT2D eigenvalue weighted by molar-refractivity contribution is 5.92. The second-order valence-corrected chi connectivity index (χ2v) is 9.20. The van der Waals surface area contributed by atoms with E-state index in [0.29, 0.717) is 16.9 Å². The molecule has 3 N–H and O–H groups in total. The Labute approximate surface area is 218 Å². The lowest BCUT2D eigenvalue weighted by Gasteiger charge is -2.49. The van der Waals surface area contributed by atoms with Crippen molar-refractivity contribution in [2.75, 3.05) is 14.2 Å². The number of aliphatic carboxylic acids is 1. The number of carboxylic acid groups (broad SMARTS) is 1. The fourth-order valence-electron chi connectivity index (χ4n) is 5.44. The summed E-state index contributed by atoms with van der Waals surface area (Å²) < 4.78 is 16.4. The quantitative estimate of drug-likeness (QED) is 0.231. The molecule has 0 bridgehead atoms. The molecule has 38 heavy (non-hydrogen) atoms. The molecule has 194 valence electrons. The molecule has 1 fully saturated rings. The Morgan fingerprint density at radius 1 is 0.684 bits per heavy atom. The Balaban J connectivity index is 1.61. The summed E-state index contributed by atoms with van der Waals surface area (Å²) in [5, 5.41) is 32.1. The molecule has 8 heteroatoms. The van der Waals surface area contributed by atoms with Gasteiger partial charge in [-0.15, -0.1) is 0 Å². The maximum absolute atomic E-state index is 13.8. The maximum Gasteiger partial charge on any atom is 0.315 e. The van der Waals surface area contributed by atoms with Gasteiger partial charge in [0, 0.05) is 17.2 Å². The fraction of sp³-hybridized carbons (Fsp3) is 0.200. The van der Waals surface area contributed by atoms with Crippen LogP contribution in [-0.2, 0) is 9.59 Å². The van der Waals surface area contributed by atoms with Gasteiger partial charge in [-0.3, -0.25) is 9.59 Å². The number of ether oxygens (including phenoxy) is 3. The van der Waals surface area contributed by atoms with Crippen molar-refractivity contribution < 1.29 is 39.1 Å². The molecule has 4 aromatic rings. The van der Waals surface area contributed by atoms with E-state index in [4.69, 9.17) is 14.2 Å². The number of carbonyl (C=O) groups excluding carboxylic acids is 1. The van der Waals surface area contributed by atoms with Gasteiger partial charge in [-0.2, -0.15) is 0 Å². The number of esters is 1. The van der Waals surface area contributed by atoms with Crippen molar-refractivity contribution in [3.63, 3.8) is 0 Å². The standard InChI is InChI=1S/C30H26O8/c1-36-23-14-17(10-12-20(23)31)25-27(29(33)34)26(18-11-13-21(32)24(15-18)37-2)28(25)30(35)38-22-9-5-7-16-6-3-4-8-19(16)22/h3-15,25-28,31-32H,1-2H3,(H,33,34)/t25-,26-,27-,28-/m1/s1. The van der Waals surface area contributed by atoms with Crippen LogP contribution in [0.5, 0.6) is 28.7 Å². The van der Waals surface area contributed by atoms with E-state index in [-0.39, 0.29) is 23.0 Å². The minimum Gasteiger partial charge on any atom is -0.504 e. The summed E-state index contributed by atoms with van der Waals surface area (Å²) >= 11 is 0. The van der Waals surface area contributed by atoms with Crippen molar-refractivity contribution in [1.29, 1.82) is 0 Å². The third kappa shape index (κ3) is 4.24. The summed E-state index contributed by atoms with van der Waals surface area (Å²) in [7, 11) is 2.79. The predicted octanol–water partition coefficient (Wildman–Crippen LogP) is 5.07. The van der Waals surface area contributed by atoms with Gasteiger partial charge in [0.15, 0.2) is 23.0 Å². The van der Waals surface area contributed by atoms with Gasteiger partial charge in [0.2, 0.25) is 0 Å². The Kier molecular flexibility index (Phi) is 6.55. The molecule has 2 atom stereocenters. The first kappa shape index (κ1) is 25.0. The monoisotopic (exact) mass is 514 g/mol. The average molecular weight is 515 g/mol. The van der Waals surface area contributed by atoms with Crippen molar-refractivity contribution in [2.24, 2.45) is 11.8 Å². The molecular weight excluding hydrogens is 488 g/mol. The zero-order chi connectivity index (χ0) is 27.0. The molecule has 4 aromatic carbocycles. The first-order valence-corrected chi connectivity index (χ1v) is 12.0. The second-order valence-electron chi connectivity index (χ2n) is 9.20. The number of methoxy groups -OCH3 is 2. The van der Waals surface area contributed by atoms with Crippen LogP contribution >= 0.6 is 0 Å². The molecule has 0 spiro atoms. The summed E-state index contributed by atoms with van der Waals surface area (Å²) in [5.41, 5.74) is 1.04. The normalized spacial score (nSPS) is 20.4. The zero-order valence-electron chi connectivity index (χ0n) is 20.7. The summed E-state index contributed by atoms with van der Waals surface area (Å²) in [4.78, 5) is 26.4. The van der Waals surface area contributed by atoms with E-state index in [1.807, 2.05) is 30.3 Å². The van der Waals surface area contributed by atoms with Crippen LogP contribution in [0.4, 0.5) is 0 Å². The zero-order valence-corrected chi connectivity index (χ0v) is 20.7. The van der Waals surface area contributed by atoms with Crippen molar-refractivity contribution >= 4 is 22.7 Å². The number of phenolic OH excluding ortho intramolecular Hbond substituents is 2. The van der Waals surface area contributed by atoms with E-state index in [9.17, 15) is 24.9 Å². The summed E-state index contributed by atoms with van der Waals surface area (Å²) in [6.45, 7) is 0. The van der Waals surface area contributed by atoms with Crippen molar-refractivity contribution in [3.8, 4) is 28.7 Å². The van der Waals surface area contributed by atoms with E-state index in [1.54, 1.807) is 36.4 Å². The van der Waals surface area contributed by atoms with Gasteiger partial charge in [0.05, 0.1) is 26.1 Å². The van der Waals surface area contributed by atoms with Gasteiger partial charge in [0.1, 0.15) is 5.75 Å². The maximum atomic E-state index is 13.8. The molecule has 1 saturated carbocycles. The molecule has 1 aliphatic rings. The summed E-state index contributed by atoms with van der Waals surface area (Å²) in [5.74, 6) is -4.60. The smallest absolute Gasteiger partial charge is 0.315 e. The average Bonchev–Trinajstić information content (AvgIpc) is 2.90. The van der Waals surface area contributed by atoms with Crippen molar-refractivity contribution in [1.82, 2.24) is 0 Å². The number of benzene rings is 4. The van der Waals surface area contributed by atoms with E-state index < -0.39 is 35.6 Å². The molecule has 8 nitrogen and oxygen atoms in total. The van der Waals surface area contributed by atoms with Crippen LogP contribution < -0.4 is 14.2 Å². The highest BCUT2D eigenvalue weighted by Gasteiger charge is 2.59. The topological polar surface area (TPSA) is 123 Å². The van der Waals surface area contributed by atoms with Crippen LogP contribution in [0, 0.1) is 11.8 Å². The Bertz CT molecular complexity index is 1460. The van der Waals surface area contributed by atoms with Crippen LogP contribution in [0.25, 0.3) is 10.8 Å². The van der Waals surface area contributed by atoms with Crippen LogP contribution in [0.2, 0.25) is 0 Å². The summed E-state index contributed by atoms with van der Waals surface area (Å²) in [6.07, 6.45) is 0. The van der Waals surface area contributed by atoms with Crippen LogP contribution in [0.3, 0.4) is 0 Å². The predicted molar refractivity (Wildman–Crippen MR) is 139 cm³/mol. The minimum atomic E-state index is -1.09. The first-order valence-electron chi connectivity index (χ1n) is 12.0. The number of aromatic hydroxyl groups is 2. The molecule has 0 unspecified atom stereocenters. The Morgan fingerprint density at radius 2 is 1.24 bits per heavy atom. The number of carboxylic acids is 1. The lowest BCUT2D eigenvalue weighted by atomic mass is 9.52. The molecule has 0 aromatic heterocycles. The molecule has 0 radical (unpaired) electrons. The SMILES string of the molecule is COc1cc([C@@H]2[C@H](C(=O)O)[C@@H](c3ccc(O)c(OC)c3)[C@H]2C(=O)Oc2cccc3ccccc23)ccc1O. The number of phenols is 2. The van der Waals surface area contributed by atoms with Gasteiger partial charge < -0.3 is 29.5 Å². The number of hydrogen-bond donors (Lipinski definition) is 3. The van der Waals surface area contributed by atoms with Gasteiger partial charge in [0.25, 0.3) is 0 Å². The first-order chi connectivity index (χ1) is 18.3. The third-order valence-corrected chi connectivity index (χ3v) is 7.24. The molecule has 0 heterocycles. The van der Waals surface area contributed by atoms with Crippen LogP contribution in [0.1, 0.15) is 23.0 Å². The van der Waals surface area contributed by atoms with Gasteiger partial charge >= 0.3 is 11.9 Å². The van der Waals surface area contributed by atoms with Gasteiger partial charge in [-0.25, -0.2) is 0 Å². The van der Waals surface area contributed by atoms with Crippen molar-refractivity contribution in [3.05, 3.63) is 90.0 Å². The third-order valence-electron chi connectivity index (χ3n) is 7.24. The Morgan fingerprint density at radius 3 is 1.79 bits per heavy atom. The minimum absolute atomic E-state index is 0.0999. The van der Waals surface area contributed by atoms with E-state index in [1.165, 1.54) is 26.4 Å². The molecule has 0 aliphatic heterocycles. The second kappa shape index (κ2) is 9.97. The van der Waals surface area contributed by atoms with Gasteiger partial charge in [-0.1, -0.05) is 48.5 Å². The number of carbonyl (C=O) groups is 2. The van der Waals surface area contributed by atoms with E-state index in [0.717, 1.165) is 10.8 Å². The largest absolute Gasteiger partial charge is 0.504 e. The molecular formula is C30H26O8. The van der Waals surface area contributed by atoms with Gasteiger partial charge in [-0.05, 0) is 46.8 Å². The number of fused-ring (bicyclic) bond motifs is 1. The Hall–Kier alpha value is -4.72. The number of hydrogen-bond acceptors (Lipinski definition) is 7. The van der Waals surface area contributed by atoms with E-state index in [2.05, 4.69) is 0 Å². The number of rotatable bonds is 7.